The van der Waals surface area contributed by atoms with Gasteiger partial charge in [-0.3, -0.25) is 0 Å². The summed E-state index contributed by atoms with van der Waals surface area (Å²) in [7, 11) is 0. The number of rotatable bonds is 0. The molecule has 0 saturated carbocycles. The minimum absolute atomic E-state index is 0. The average molecular weight is 299 g/mol. The van der Waals surface area contributed by atoms with E-state index < -0.39 is 0 Å². The molecule has 0 amide bonds. The molecule has 0 aliphatic carbocycles. The average Bonchev–Trinajstić information content (AvgIpc) is 0. The maximum Gasteiger partial charge on any atom is 3.00 e. The van der Waals surface area contributed by atoms with Crippen molar-refractivity contribution in [3.05, 3.63) is 0 Å². The quantitative estimate of drug-likeness (QED) is 0.592. The largest absolute Gasteiger partial charge is 3.00 e. The van der Waals surface area contributed by atoms with E-state index in [1.807, 2.05) is 0 Å². The molecule has 0 fully saturated rings. The molecule has 5 heteroatoms. The standard InChI is InChI=1S/2O.3Y/q2*-2;3*+3. The third-order valence-corrected chi connectivity index (χ3v) is 0. The SMILES string of the molecule is [O-2].[O-2].[Y+3].[Y+3].[Y+3]. The molecule has 0 saturated heterocycles. The fraction of sp³-hybridized carbons (Fsp3) is 0. The van der Waals surface area contributed by atoms with Gasteiger partial charge in [0.15, 0.2) is 0 Å². The molecule has 0 aromatic heterocycles. The third kappa shape index (κ3) is 19.0. The first-order chi connectivity index (χ1) is 0. The Balaban J connectivity index is 0. The van der Waals surface area contributed by atoms with Crippen LogP contribution in [-0.4, -0.2) is 0 Å². The smallest absolute Gasteiger partial charge is 2.00 e. The topological polar surface area (TPSA) is 57.0 Å². The third-order valence-electron chi connectivity index (χ3n) is 0. The van der Waals surface area contributed by atoms with Crippen LogP contribution in [0.15, 0.2) is 0 Å². The van der Waals surface area contributed by atoms with Gasteiger partial charge in [0, 0.05) is 0 Å². The number of hydrogen-bond donors (Lipinski definition) is 0. The van der Waals surface area contributed by atoms with Crippen LogP contribution < -0.4 is 0 Å². The predicted molar refractivity (Wildman–Crippen MR) is 1.37 cm³/mol. The summed E-state index contributed by atoms with van der Waals surface area (Å²) < 4.78 is 0. The molecular weight excluding hydrogens is 299 g/mol. The van der Waals surface area contributed by atoms with Crippen LogP contribution in [0.1, 0.15) is 0 Å². The van der Waals surface area contributed by atoms with Crippen molar-refractivity contribution in [1.82, 2.24) is 0 Å². The zero-order valence-electron chi connectivity index (χ0n) is 2.55. The van der Waals surface area contributed by atoms with Crippen LogP contribution in [0.4, 0.5) is 0 Å². The first kappa shape index (κ1) is 41.2. The van der Waals surface area contributed by atoms with Crippen LogP contribution in [0.3, 0.4) is 0 Å². The Labute approximate surface area is 106 Å². The summed E-state index contributed by atoms with van der Waals surface area (Å²) in [5.74, 6) is 0. The Morgan fingerprint density at radius 2 is 0.400 bits per heavy atom. The minimum Gasteiger partial charge on any atom is -2.00 e. The molecule has 0 N–H and O–H groups in total. The van der Waals surface area contributed by atoms with E-state index in [1.54, 1.807) is 0 Å². The normalized spacial score (nSPS) is 0. The molecule has 0 aromatic rings. The second-order valence-corrected chi connectivity index (χ2v) is 0. The van der Waals surface area contributed by atoms with Gasteiger partial charge in [-0.15, -0.1) is 0 Å². The van der Waals surface area contributed by atoms with Crippen LogP contribution in [0.25, 0.3) is 0 Å². The van der Waals surface area contributed by atoms with Crippen molar-refractivity contribution >= 4 is 0 Å². The molecule has 0 aromatic carbocycles. The first-order valence-electron chi connectivity index (χ1n) is 0. The Kier molecular flexibility index (Phi) is 222. The molecule has 0 atom stereocenters. The monoisotopic (exact) mass is 299 g/mol. The summed E-state index contributed by atoms with van der Waals surface area (Å²) in [5.41, 5.74) is 0. The van der Waals surface area contributed by atoms with E-state index in [-0.39, 0.29) is 109 Å². The summed E-state index contributed by atoms with van der Waals surface area (Å²) in [6.07, 6.45) is 0. The van der Waals surface area contributed by atoms with Crippen molar-refractivity contribution in [2.45, 2.75) is 0 Å². The molecule has 0 rings (SSSR count). The molecule has 5 heavy (non-hydrogen) atoms. The summed E-state index contributed by atoms with van der Waals surface area (Å²) >= 11 is 0. The van der Waals surface area contributed by atoms with Gasteiger partial charge in [0.1, 0.15) is 0 Å². The zero-order chi connectivity index (χ0) is 0. The van der Waals surface area contributed by atoms with Gasteiger partial charge < -0.3 is 11.0 Å². The zero-order valence-corrected chi connectivity index (χ0v) is 11.1. The van der Waals surface area contributed by atoms with E-state index in [4.69, 9.17) is 0 Å². The summed E-state index contributed by atoms with van der Waals surface area (Å²) in [6, 6.07) is 0. The summed E-state index contributed by atoms with van der Waals surface area (Å²) in [5, 5.41) is 0. The molecule has 0 heterocycles. The molecular formula is O2Y3+5. The summed E-state index contributed by atoms with van der Waals surface area (Å²) in [4.78, 5) is 0. The molecule has 0 aliphatic rings. The van der Waals surface area contributed by atoms with Crippen molar-refractivity contribution < 1.29 is 109 Å². The molecule has 2 nitrogen and oxygen atoms in total. The van der Waals surface area contributed by atoms with E-state index in [0.29, 0.717) is 0 Å². The minimum atomic E-state index is 0. The van der Waals surface area contributed by atoms with Crippen molar-refractivity contribution in [3.8, 4) is 0 Å². The predicted octanol–water partition coefficient (Wildman–Crippen LogP) is -0.245. The maximum atomic E-state index is 0. The van der Waals surface area contributed by atoms with Gasteiger partial charge in [0.05, 0.1) is 0 Å². The Bertz CT molecular complexity index is 4.85. The van der Waals surface area contributed by atoms with E-state index in [2.05, 4.69) is 0 Å². The van der Waals surface area contributed by atoms with Gasteiger partial charge in [-0.05, 0) is 0 Å². The van der Waals surface area contributed by atoms with Crippen LogP contribution >= 0.6 is 0 Å². The molecule has 0 spiro atoms. The van der Waals surface area contributed by atoms with E-state index in [0.717, 1.165) is 0 Å². The van der Waals surface area contributed by atoms with Crippen molar-refractivity contribution in [1.29, 1.82) is 0 Å². The van der Waals surface area contributed by atoms with E-state index in [1.165, 1.54) is 0 Å². The van der Waals surface area contributed by atoms with Gasteiger partial charge in [-0.1, -0.05) is 0 Å². The second-order valence-electron chi connectivity index (χ2n) is 0. The van der Waals surface area contributed by atoms with Crippen LogP contribution in [-0.2, 0) is 109 Å². The van der Waals surface area contributed by atoms with Crippen molar-refractivity contribution in [2.75, 3.05) is 0 Å². The van der Waals surface area contributed by atoms with Gasteiger partial charge in [-0.2, -0.15) is 0 Å². The van der Waals surface area contributed by atoms with Crippen LogP contribution in [0.2, 0.25) is 0 Å². The summed E-state index contributed by atoms with van der Waals surface area (Å²) in [6.45, 7) is 0. The second kappa shape index (κ2) is 26.9. The van der Waals surface area contributed by atoms with Gasteiger partial charge in [0.25, 0.3) is 0 Å². The van der Waals surface area contributed by atoms with E-state index in [9.17, 15) is 0 Å². The first-order valence-corrected chi connectivity index (χ1v) is 0. The Morgan fingerprint density at radius 3 is 0.400 bits per heavy atom. The molecule has 0 aliphatic heterocycles. The van der Waals surface area contributed by atoms with Crippen LogP contribution in [0, 0.1) is 0 Å². The van der Waals surface area contributed by atoms with Crippen molar-refractivity contribution in [3.63, 3.8) is 0 Å². The maximum absolute atomic E-state index is 0. The van der Waals surface area contributed by atoms with Gasteiger partial charge in [0.2, 0.25) is 0 Å². The van der Waals surface area contributed by atoms with Gasteiger partial charge in [-0.25, -0.2) is 0 Å². The Morgan fingerprint density at radius 1 is 0.400 bits per heavy atom. The van der Waals surface area contributed by atoms with Crippen LogP contribution in [0.5, 0.6) is 0 Å². The Hall–Kier alpha value is 3.23. The van der Waals surface area contributed by atoms with Crippen molar-refractivity contribution in [2.24, 2.45) is 0 Å². The molecule has 0 radical (unpaired) electrons. The molecule has 0 bridgehead atoms. The van der Waals surface area contributed by atoms with E-state index >= 15 is 0 Å². The fourth-order valence-electron chi connectivity index (χ4n) is 0. The fourth-order valence-corrected chi connectivity index (χ4v) is 0. The number of hydrogen-bond acceptors (Lipinski definition) is 0. The molecule has 16 valence electrons. The molecule has 0 unspecified atom stereocenters. The van der Waals surface area contributed by atoms with Gasteiger partial charge >= 0.3 is 98.1 Å².